The molecule has 10 nitrogen and oxygen atoms in total. The lowest BCUT2D eigenvalue weighted by atomic mass is 10.1. The van der Waals surface area contributed by atoms with E-state index in [-0.39, 0.29) is 17.9 Å². The zero-order chi connectivity index (χ0) is 22.6. The minimum atomic E-state index is -1.30. The molecule has 5 N–H and O–H groups in total. The predicted molar refractivity (Wildman–Crippen MR) is 119 cm³/mol. The van der Waals surface area contributed by atoms with Crippen molar-refractivity contribution >= 4 is 58.1 Å². The van der Waals surface area contributed by atoms with E-state index in [0.29, 0.717) is 21.6 Å². The molecule has 2 aliphatic heterocycles. The number of carbonyl (C=O) groups is 3. The van der Waals surface area contributed by atoms with Crippen LogP contribution < -0.4 is 21.3 Å². The number of halogens is 1. The average molecular weight is 453 g/mol. The van der Waals surface area contributed by atoms with Gasteiger partial charge in [0.05, 0.1) is 17.5 Å². The van der Waals surface area contributed by atoms with Gasteiger partial charge in [0.2, 0.25) is 0 Å². The van der Waals surface area contributed by atoms with Crippen LogP contribution in [0.4, 0.5) is 16.2 Å². The highest BCUT2D eigenvalue weighted by molar-refractivity contribution is 6.32. The first kappa shape index (κ1) is 19.9. The lowest BCUT2D eigenvalue weighted by Gasteiger charge is -2.32. The molecule has 2 unspecified atom stereocenters. The fraction of sp³-hybridized carbons (Fsp3) is 0.143. The van der Waals surface area contributed by atoms with E-state index < -0.39 is 30.1 Å². The number of fused-ring (bicyclic) bond motifs is 2. The molecule has 0 bridgehead atoms. The van der Waals surface area contributed by atoms with Gasteiger partial charge in [0, 0.05) is 22.6 Å². The minimum Gasteiger partial charge on any atom is -0.477 e. The van der Waals surface area contributed by atoms with Crippen LogP contribution in [0.25, 0.3) is 10.9 Å². The van der Waals surface area contributed by atoms with E-state index in [1.54, 1.807) is 36.4 Å². The Kier molecular flexibility index (Phi) is 4.52. The van der Waals surface area contributed by atoms with Gasteiger partial charge in [-0.1, -0.05) is 23.7 Å². The highest BCUT2D eigenvalue weighted by Gasteiger charge is 2.46. The van der Waals surface area contributed by atoms with Crippen molar-refractivity contribution in [3.05, 3.63) is 58.7 Å². The number of amides is 3. The van der Waals surface area contributed by atoms with E-state index in [1.165, 1.54) is 10.9 Å². The number of aliphatic imine (C=N–C) groups is 1. The first-order valence-electron chi connectivity index (χ1n) is 9.67. The Hall–Kier alpha value is -4.05. The number of aromatic nitrogens is 1. The molecule has 0 aliphatic carbocycles. The van der Waals surface area contributed by atoms with E-state index in [0.717, 1.165) is 10.5 Å². The van der Waals surface area contributed by atoms with Gasteiger partial charge in [-0.15, -0.1) is 0 Å². The summed E-state index contributed by atoms with van der Waals surface area (Å²) in [5.41, 5.74) is 7.41. The number of hydrogen-bond donors (Lipinski definition) is 4. The number of nitrogens with zero attached hydrogens (tertiary/aromatic N) is 3. The molecule has 3 heterocycles. The number of hydrogen-bond acceptors (Lipinski definition) is 6. The van der Waals surface area contributed by atoms with Gasteiger partial charge in [-0.3, -0.25) is 4.79 Å². The van der Waals surface area contributed by atoms with Gasteiger partial charge in [-0.2, -0.15) is 0 Å². The normalized spacial score (nSPS) is 19.7. The standard InChI is InChI=1S/C21H17ClN6O4/c22-11-4-5-14-13(7-11)16(28-19(29)15-18(25-9-24-15)26-21(28)32)17(20(30)31)27(14)8-10-2-1-3-12(23)6-10/h1-7,9,15,18H,8,23H2,(H,24,25)(H,26,32)(H,30,31). The van der Waals surface area contributed by atoms with E-state index in [4.69, 9.17) is 17.3 Å². The third-order valence-corrected chi connectivity index (χ3v) is 5.72. The van der Waals surface area contributed by atoms with E-state index in [1.807, 2.05) is 6.07 Å². The monoisotopic (exact) mass is 452 g/mol. The third-order valence-electron chi connectivity index (χ3n) is 5.48. The molecule has 162 valence electrons. The Morgan fingerprint density at radius 1 is 1.22 bits per heavy atom. The number of rotatable bonds is 4. The molecule has 11 heteroatoms. The maximum absolute atomic E-state index is 13.2. The summed E-state index contributed by atoms with van der Waals surface area (Å²) in [6.45, 7) is 0.155. The number of carboxylic acid groups (broad SMARTS) is 1. The zero-order valence-electron chi connectivity index (χ0n) is 16.4. The lowest BCUT2D eigenvalue weighted by molar-refractivity contribution is -0.120. The van der Waals surface area contributed by atoms with Gasteiger partial charge in [-0.05, 0) is 35.9 Å². The fourth-order valence-corrected chi connectivity index (χ4v) is 4.31. The molecule has 32 heavy (non-hydrogen) atoms. The summed E-state index contributed by atoms with van der Waals surface area (Å²) in [7, 11) is 0. The Bertz CT molecular complexity index is 1330. The molecule has 0 saturated carbocycles. The molecule has 0 spiro atoms. The Morgan fingerprint density at radius 2 is 2.03 bits per heavy atom. The number of benzene rings is 2. The summed E-state index contributed by atoms with van der Waals surface area (Å²) >= 11 is 6.20. The maximum atomic E-state index is 13.2. The van der Waals surface area contributed by atoms with Crippen molar-refractivity contribution < 1.29 is 19.5 Å². The number of aromatic carboxylic acids is 1. The fourth-order valence-electron chi connectivity index (χ4n) is 4.14. The molecule has 1 aromatic heterocycles. The Morgan fingerprint density at radius 3 is 2.78 bits per heavy atom. The topological polar surface area (TPSA) is 142 Å². The smallest absolute Gasteiger partial charge is 0.354 e. The van der Waals surface area contributed by atoms with Crippen molar-refractivity contribution in [2.24, 2.45) is 4.99 Å². The van der Waals surface area contributed by atoms with Crippen LogP contribution >= 0.6 is 11.6 Å². The van der Waals surface area contributed by atoms with Crippen molar-refractivity contribution in [2.75, 3.05) is 10.6 Å². The highest BCUT2D eigenvalue weighted by atomic mass is 35.5. The molecular weight excluding hydrogens is 436 g/mol. The molecule has 1 fully saturated rings. The van der Waals surface area contributed by atoms with Crippen LogP contribution in [-0.4, -0.2) is 46.1 Å². The summed E-state index contributed by atoms with van der Waals surface area (Å²) in [6.07, 6.45) is 0.596. The quantitative estimate of drug-likeness (QED) is 0.446. The Labute approximate surface area is 186 Å². The number of nitrogens with one attached hydrogen (secondary N) is 2. The van der Waals surface area contributed by atoms with Crippen molar-refractivity contribution in [1.29, 1.82) is 0 Å². The first-order valence-corrected chi connectivity index (χ1v) is 10.0. The van der Waals surface area contributed by atoms with Crippen LogP contribution in [0.5, 0.6) is 0 Å². The summed E-state index contributed by atoms with van der Waals surface area (Å²) in [6, 6.07) is 10.3. The summed E-state index contributed by atoms with van der Waals surface area (Å²) in [5, 5.41) is 16.3. The molecule has 2 atom stereocenters. The molecule has 5 rings (SSSR count). The largest absolute Gasteiger partial charge is 0.477 e. The molecule has 2 aliphatic rings. The SMILES string of the molecule is Nc1cccc(Cn2c(C(=O)O)c(N3C(=O)NC4N=CNC4C3=O)c3cc(Cl)ccc32)c1. The van der Waals surface area contributed by atoms with E-state index in [2.05, 4.69) is 15.6 Å². The van der Waals surface area contributed by atoms with Crippen molar-refractivity contribution in [3.8, 4) is 0 Å². The second-order valence-corrected chi connectivity index (χ2v) is 7.92. The van der Waals surface area contributed by atoms with E-state index >= 15 is 0 Å². The lowest BCUT2D eigenvalue weighted by Crippen LogP contribution is -2.64. The van der Waals surface area contributed by atoms with Crippen LogP contribution in [0, 0.1) is 0 Å². The van der Waals surface area contributed by atoms with Crippen LogP contribution in [0.1, 0.15) is 16.1 Å². The molecule has 2 aromatic carbocycles. The number of carboxylic acids is 1. The molecular formula is C21H17ClN6O4. The minimum absolute atomic E-state index is 0.0476. The average Bonchev–Trinajstić information content (AvgIpc) is 3.31. The van der Waals surface area contributed by atoms with Crippen LogP contribution in [0.2, 0.25) is 5.02 Å². The molecule has 0 radical (unpaired) electrons. The van der Waals surface area contributed by atoms with Crippen molar-refractivity contribution in [2.45, 2.75) is 18.8 Å². The van der Waals surface area contributed by atoms with Crippen LogP contribution in [0.15, 0.2) is 47.5 Å². The summed E-state index contributed by atoms with van der Waals surface area (Å²) in [4.78, 5) is 43.4. The van der Waals surface area contributed by atoms with Crippen LogP contribution in [0.3, 0.4) is 0 Å². The van der Waals surface area contributed by atoms with Gasteiger partial charge in [0.1, 0.15) is 6.04 Å². The molecule has 3 amide bonds. The number of anilines is 2. The van der Waals surface area contributed by atoms with Crippen molar-refractivity contribution in [3.63, 3.8) is 0 Å². The molecule has 3 aromatic rings. The third kappa shape index (κ3) is 3.04. The van der Waals surface area contributed by atoms with Gasteiger partial charge < -0.3 is 26.0 Å². The van der Waals surface area contributed by atoms with Gasteiger partial charge in [0.15, 0.2) is 11.9 Å². The number of carbonyl (C=O) groups excluding carboxylic acids is 2. The highest BCUT2D eigenvalue weighted by Crippen LogP contribution is 2.38. The first-order chi connectivity index (χ1) is 15.3. The number of nitrogens with two attached hydrogens (primary N) is 1. The predicted octanol–water partition coefficient (Wildman–Crippen LogP) is 2.01. The van der Waals surface area contributed by atoms with Gasteiger partial charge in [-0.25, -0.2) is 19.5 Å². The second-order valence-electron chi connectivity index (χ2n) is 7.49. The van der Waals surface area contributed by atoms with Gasteiger partial charge >= 0.3 is 12.0 Å². The number of nitrogen functional groups attached to an aromatic ring is 1. The second kappa shape index (κ2) is 7.27. The summed E-state index contributed by atoms with van der Waals surface area (Å²) in [5.74, 6) is -1.91. The van der Waals surface area contributed by atoms with E-state index in [9.17, 15) is 19.5 Å². The molecule has 1 saturated heterocycles. The summed E-state index contributed by atoms with van der Waals surface area (Å²) < 4.78 is 1.53. The zero-order valence-corrected chi connectivity index (χ0v) is 17.2. The Balaban J connectivity index is 1.74. The maximum Gasteiger partial charge on any atom is 0.354 e. The number of imide groups is 1. The number of urea groups is 1. The van der Waals surface area contributed by atoms with Crippen LogP contribution in [-0.2, 0) is 11.3 Å². The van der Waals surface area contributed by atoms with Crippen molar-refractivity contribution in [1.82, 2.24) is 15.2 Å². The van der Waals surface area contributed by atoms with Gasteiger partial charge in [0.25, 0.3) is 5.91 Å².